The zero-order chi connectivity index (χ0) is 9.42. The van der Waals surface area contributed by atoms with Gasteiger partial charge in [-0.3, -0.25) is 0 Å². The molecule has 1 aliphatic rings. The SMILES string of the molecule is NC1=C(Cl)c2ccccc2NC1Cl. The van der Waals surface area contributed by atoms with E-state index in [0.717, 1.165) is 11.3 Å². The van der Waals surface area contributed by atoms with E-state index in [2.05, 4.69) is 5.32 Å². The molecule has 0 aromatic heterocycles. The lowest BCUT2D eigenvalue weighted by Crippen LogP contribution is -2.25. The molecule has 0 saturated heterocycles. The Morgan fingerprint density at radius 1 is 1.31 bits per heavy atom. The van der Waals surface area contributed by atoms with Crippen molar-refractivity contribution in [3.63, 3.8) is 0 Å². The average molecular weight is 215 g/mol. The Kier molecular flexibility index (Phi) is 2.10. The Morgan fingerprint density at radius 2 is 2.00 bits per heavy atom. The smallest absolute Gasteiger partial charge is 0.143 e. The van der Waals surface area contributed by atoms with Crippen LogP contribution < -0.4 is 11.1 Å². The Labute approximate surface area is 86.3 Å². The second kappa shape index (κ2) is 3.13. The minimum absolute atomic E-state index is 0.414. The first-order valence-corrected chi connectivity index (χ1v) is 4.66. The molecule has 0 aliphatic carbocycles. The van der Waals surface area contributed by atoms with E-state index in [1.807, 2.05) is 24.3 Å². The second-order valence-corrected chi connectivity index (χ2v) is 3.64. The van der Waals surface area contributed by atoms with E-state index in [4.69, 9.17) is 28.9 Å². The Morgan fingerprint density at radius 3 is 2.77 bits per heavy atom. The highest BCUT2D eigenvalue weighted by Crippen LogP contribution is 2.34. The molecule has 68 valence electrons. The van der Waals surface area contributed by atoms with Crippen LogP contribution in [-0.2, 0) is 0 Å². The fourth-order valence-electron chi connectivity index (χ4n) is 1.28. The molecule has 13 heavy (non-hydrogen) atoms. The lowest BCUT2D eigenvalue weighted by Gasteiger charge is -2.23. The van der Waals surface area contributed by atoms with E-state index >= 15 is 0 Å². The molecule has 3 N–H and O–H groups in total. The number of halogens is 2. The Bertz CT molecular complexity index is 374. The third-order valence-corrected chi connectivity index (χ3v) is 2.74. The lowest BCUT2D eigenvalue weighted by atomic mass is 10.1. The fraction of sp³-hybridized carbons (Fsp3) is 0.111. The summed E-state index contributed by atoms with van der Waals surface area (Å²) in [5, 5.41) is 3.57. The molecule has 1 heterocycles. The van der Waals surface area contributed by atoms with Gasteiger partial charge in [-0.2, -0.15) is 0 Å². The van der Waals surface area contributed by atoms with Crippen LogP contribution in [0.2, 0.25) is 0 Å². The van der Waals surface area contributed by atoms with Crippen molar-refractivity contribution in [3.8, 4) is 0 Å². The molecule has 0 spiro atoms. The van der Waals surface area contributed by atoms with E-state index in [1.165, 1.54) is 0 Å². The standard InChI is InChI=1S/C9H8Cl2N2/c10-7-5-3-1-2-4-6(5)13-9(11)8(7)12/h1-4,9,13H,12H2. The van der Waals surface area contributed by atoms with Gasteiger partial charge in [-0.1, -0.05) is 41.4 Å². The van der Waals surface area contributed by atoms with Gasteiger partial charge in [0.05, 0.1) is 10.7 Å². The van der Waals surface area contributed by atoms with Crippen LogP contribution in [0.5, 0.6) is 0 Å². The van der Waals surface area contributed by atoms with E-state index in [1.54, 1.807) is 0 Å². The molecule has 1 aromatic carbocycles. The number of nitrogens with one attached hydrogen (secondary N) is 1. The molecular weight excluding hydrogens is 207 g/mol. The average Bonchev–Trinajstić information content (AvgIpc) is 2.15. The fourth-order valence-corrected chi connectivity index (χ4v) is 1.84. The number of nitrogens with two attached hydrogens (primary N) is 1. The van der Waals surface area contributed by atoms with Gasteiger partial charge in [-0.15, -0.1) is 0 Å². The van der Waals surface area contributed by atoms with Crippen LogP contribution in [0.25, 0.3) is 5.03 Å². The van der Waals surface area contributed by atoms with Gasteiger partial charge in [0.25, 0.3) is 0 Å². The summed E-state index contributed by atoms with van der Waals surface area (Å²) in [6.45, 7) is 0. The molecule has 1 unspecified atom stereocenters. The molecule has 0 bridgehead atoms. The quantitative estimate of drug-likeness (QED) is 0.515. The molecule has 4 heteroatoms. The van der Waals surface area contributed by atoms with Gasteiger partial charge in [0.2, 0.25) is 0 Å². The summed E-state index contributed by atoms with van der Waals surface area (Å²) in [6, 6.07) is 7.64. The molecular formula is C9H8Cl2N2. The highest BCUT2D eigenvalue weighted by molar-refractivity contribution is 6.51. The van der Waals surface area contributed by atoms with Crippen molar-refractivity contribution in [3.05, 3.63) is 35.5 Å². The highest BCUT2D eigenvalue weighted by Gasteiger charge is 2.21. The van der Waals surface area contributed by atoms with E-state index in [-0.39, 0.29) is 0 Å². The molecule has 1 aliphatic heterocycles. The topological polar surface area (TPSA) is 38.0 Å². The second-order valence-electron chi connectivity index (χ2n) is 2.82. The van der Waals surface area contributed by atoms with Crippen LogP contribution in [-0.4, -0.2) is 5.50 Å². The first kappa shape index (κ1) is 8.73. The largest absolute Gasteiger partial charge is 0.398 e. The van der Waals surface area contributed by atoms with E-state index in [0.29, 0.717) is 10.7 Å². The Hall–Kier alpha value is -0.860. The van der Waals surface area contributed by atoms with Crippen molar-refractivity contribution in [2.24, 2.45) is 5.73 Å². The van der Waals surface area contributed by atoms with Crippen molar-refractivity contribution in [1.29, 1.82) is 0 Å². The Balaban J connectivity index is 2.59. The first-order chi connectivity index (χ1) is 6.20. The highest BCUT2D eigenvalue weighted by atomic mass is 35.5. The van der Waals surface area contributed by atoms with Crippen molar-refractivity contribution in [1.82, 2.24) is 0 Å². The van der Waals surface area contributed by atoms with Crippen LogP contribution in [0.1, 0.15) is 5.56 Å². The summed E-state index contributed by atoms with van der Waals surface area (Å²) < 4.78 is 0. The van der Waals surface area contributed by atoms with Gasteiger partial charge in [0, 0.05) is 11.3 Å². The van der Waals surface area contributed by atoms with Crippen LogP contribution >= 0.6 is 23.2 Å². The molecule has 2 nitrogen and oxygen atoms in total. The third-order valence-electron chi connectivity index (χ3n) is 1.97. The summed E-state index contributed by atoms with van der Waals surface area (Å²) in [5.41, 5.74) is 7.57. The van der Waals surface area contributed by atoms with Crippen LogP contribution in [0, 0.1) is 0 Å². The van der Waals surface area contributed by atoms with Crippen LogP contribution in [0.4, 0.5) is 5.69 Å². The maximum atomic E-state index is 6.02. The number of rotatable bonds is 0. The maximum absolute atomic E-state index is 6.02. The van der Waals surface area contributed by atoms with Crippen LogP contribution in [0.15, 0.2) is 30.0 Å². The number of alkyl halides is 1. The third kappa shape index (κ3) is 1.36. The first-order valence-electron chi connectivity index (χ1n) is 3.85. The summed E-state index contributed by atoms with van der Waals surface area (Å²) >= 11 is 11.9. The zero-order valence-corrected chi connectivity index (χ0v) is 8.23. The number of benzene rings is 1. The number of fused-ring (bicyclic) bond motifs is 1. The lowest BCUT2D eigenvalue weighted by molar-refractivity contribution is 1.08. The number of hydrogen-bond donors (Lipinski definition) is 2. The molecule has 0 radical (unpaired) electrons. The molecule has 0 amide bonds. The molecule has 0 saturated carbocycles. The zero-order valence-electron chi connectivity index (χ0n) is 6.72. The van der Waals surface area contributed by atoms with Crippen molar-refractivity contribution < 1.29 is 0 Å². The van der Waals surface area contributed by atoms with Gasteiger partial charge in [0.1, 0.15) is 5.50 Å². The van der Waals surface area contributed by atoms with Gasteiger partial charge in [-0.25, -0.2) is 0 Å². The van der Waals surface area contributed by atoms with Crippen molar-refractivity contribution >= 4 is 33.9 Å². The predicted octanol–water partition coefficient (Wildman–Crippen LogP) is 2.54. The molecule has 0 fully saturated rings. The van der Waals surface area contributed by atoms with Gasteiger partial charge in [-0.05, 0) is 6.07 Å². The minimum Gasteiger partial charge on any atom is -0.398 e. The van der Waals surface area contributed by atoms with E-state index < -0.39 is 5.50 Å². The number of anilines is 1. The molecule has 2 rings (SSSR count). The van der Waals surface area contributed by atoms with Gasteiger partial charge in [0.15, 0.2) is 0 Å². The minimum atomic E-state index is -0.414. The van der Waals surface area contributed by atoms with Crippen molar-refractivity contribution in [2.75, 3.05) is 5.32 Å². The van der Waals surface area contributed by atoms with Gasteiger partial charge >= 0.3 is 0 Å². The summed E-state index contributed by atoms with van der Waals surface area (Å²) in [7, 11) is 0. The summed E-state index contributed by atoms with van der Waals surface area (Å²) in [4.78, 5) is 0. The van der Waals surface area contributed by atoms with E-state index in [9.17, 15) is 0 Å². The predicted molar refractivity (Wildman–Crippen MR) is 56.7 cm³/mol. The van der Waals surface area contributed by atoms with Crippen molar-refractivity contribution in [2.45, 2.75) is 5.50 Å². The normalized spacial score (nSPS) is 20.9. The summed E-state index contributed by atoms with van der Waals surface area (Å²) in [6.07, 6.45) is 0. The van der Waals surface area contributed by atoms with Gasteiger partial charge < -0.3 is 11.1 Å². The monoisotopic (exact) mass is 214 g/mol. The maximum Gasteiger partial charge on any atom is 0.143 e. The van der Waals surface area contributed by atoms with Crippen LogP contribution in [0.3, 0.4) is 0 Å². The summed E-state index contributed by atoms with van der Waals surface area (Å²) in [5.74, 6) is 0. The number of para-hydroxylation sites is 1. The molecule has 1 aromatic rings. The molecule has 1 atom stereocenters. The number of hydrogen-bond acceptors (Lipinski definition) is 2.